The third-order valence-corrected chi connectivity index (χ3v) is 2.81. The first kappa shape index (κ1) is 11.5. The van der Waals surface area contributed by atoms with Gasteiger partial charge in [0, 0.05) is 5.39 Å². The van der Waals surface area contributed by atoms with E-state index in [1.807, 2.05) is 30.3 Å². The fourth-order valence-electron chi connectivity index (χ4n) is 1.75. The third-order valence-electron chi connectivity index (χ3n) is 2.61. The molecule has 3 aromatic rings. The number of benzene rings is 2. The van der Waals surface area contributed by atoms with Crippen LogP contribution in [-0.2, 0) is 0 Å². The average molecular weight is 271 g/mol. The van der Waals surface area contributed by atoms with E-state index in [1.165, 1.54) is 0 Å². The van der Waals surface area contributed by atoms with Crippen molar-refractivity contribution in [1.82, 2.24) is 15.2 Å². The molecule has 0 aliphatic heterocycles. The molecule has 0 saturated heterocycles. The van der Waals surface area contributed by atoms with Crippen molar-refractivity contribution < 1.29 is 5.11 Å². The molecule has 0 saturated carbocycles. The summed E-state index contributed by atoms with van der Waals surface area (Å²) < 4.78 is 0.302. The van der Waals surface area contributed by atoms with Gasteiger partial charge in [0.2, 0.25) is 4.77 Å². The normalized spacial score (nSPS) is 11.4. The van der Waals surface area contributed by atoms with Crippen LogP contribution < -0.4 is 0 Å². The molecule has 3 rings (SSSR count). The van der Waals surface area contributed by atoms with Gasteiger partial charge in [-0.1, -0.05) is 30.3 Å². The Balaban J connectivity index is 2.11. The summed E-state index contributed by atoms with van der Waals surface area (Å²) in [6, 6.07) is 11.0. The number of azo groups is 1. The summed E-state index contributed by atoms with van der Waals surface area (Å²) >= 11 is 4.82. The summed E-state index contributed by atoms with van der Waals surface area (Å²) in [7, 11) is 0. The van der Waals surface area contributed by atoms with Gasteiger partial charge in [-0.3, -0.25) is 10.2 Å². The number of phenols is 1. The average Bonchev–Trinajstić information content (AvgIpc) is 2.83. The number of rotatable bonds is 2. The molecule has 0 aliphatic rings. The van der Waals surface area contributed by atoms with Gasteiger partial charge in [0.05, 0.1) is 0 Å². The maximum Gasteiger partial charge on any atom is 0.264 e. The molecule has 0 bridgehead atoms. The van der Waals surface area contributed by atoms with Gasteiger partial charge < -0.3 is 5.11 Å². The van der Waals surface area contributed by atoms with Gasteiger partial charge in [-0.2, -0.15) is 4.98 Å². The van der Waals surface area contributed by atoms with Crippen LogP contribution >= 0.6 is 12.2 Å². The quantitative estimate of drug-likeness (QED) is 0.490. The lowest BCUT2D eigenvalue weighted by atomic mass is 10.1. The molecule has 6 nitrogen and oxygen atoms in total. The lowest BCUT2D eigenvalue weighted by Crippen LogP contribution is -1.75. The number of nitrogens with zero attached hydrogens (tertiary/aromatic N) is 3. The second kappa shape index (κ2) is 4.62. The molecule has 3 N–H and O–H groups in total. The Bertz CT molecular complexity index is 820. The van der Waals surface area contributed by atoms with Crippen LogP contribution in [0.2, 0.25) is 0 Å². The Labute approximate surface area is 112 Å². The van der Waals surface area contributed by atoms with Crippen molar-refractivity contribution in [3.63, 3.8) is 0 Å². The fraction of sp³-hybridized carbons (Fsp3) is 0. The molecule has 0 spiro atoms. The Hall–Kier alpha value is -2.54. The Morgan fingerprint density at radius 1 is 1.05 bits per heavy atom. The van der Waals surface area contributed by atoms with E-state index in [0.717, 1.165) is 10.8 Å². The van der Waals surface area contributed by atoms with E-state index < -0.39 is 0 Å². The maximum absolute atomic E-state index is 9.88. The van der Waals surface area contributed by atoms with E-state index in [1.54, 1.807) is 6.07 Å². The Morgan fingerprint density at radius 2 is 1.89 bits per heavy atom. The largest absolute Gasteiger partial charge is 0.506 e. The highest BCUT2D eigenvalue weighted by atomic mass is 32.1. The number of H-pyrrole nitrogens is 2. The van der Waals surface area contributed by atoms with Crippen LogP contribution in [0.15, 0.2) is 46.6 Å². The second-order valence-corrected chi connectivity index (χ2v) is 4.23. The molecular weight excluding hydrogens is 262 g/mol. The first-order chi connectivity index (χ1) is 9.24. The minimum Gasteiger partial charge on any atom is -0.506 e. The molecule has 0 amide bonds. The van der Waals surface area contributed by atoms with Crippen molar-refractivity contribution in [3.8, 4) is 5.75 Å². The lowest BCUT2D eigenvalue weighted by molar-refractivity contribution is 0.477. The van der Waals surface area contributed by atoms with Crippen LogP contribution in [0.25, 0.3) is 10.8 Å². The lowest BCUT2D eigenvalue weighted by Gasteiger charge is -2.02. The molecule has 0 unspecified atom stereocenters. The van der Waals surface area contributed by atoms with Gasteiger partial charge in [-0.05, 0) is 23.7 Å². The van der Waals surface area contributed by atoms with Crippen LogP contribution in [0, 0.1) is 4.77 Å². The number of hydrogen-bond donors (Lipinski definition) is 3. The van der Waals surface area contributed by atoms with Gasteiger partial charge in [0.15, 0.2) is 0 Å². The number of phenolic OH excluding ortho intramolecular Hbond substituents is 1. The number of aromatic nitrogens is 3. The minimum atomic E-state index is 0.0663. The number of nitrogens with one attached hydrogen (secondary N) is 2. The number of aromatic amines is 2. The molecule has 94 valence electrons. The van der Waals surface area contributed by atoms with E-state index >= 15 is 0 Å². The summed E-state index contributed by atoms with van der Waals surface area (Å²) in [5.74, 6) is 0.328. The van der Waals surface area contributed by atoms with Crippen LogP contribution in [0.1, 0.15) is 0 Å². The molecule has 0 fully saturated rings. The van der Waals surface area contributed by atoms with Crippen LogP contribution in [0.3, 0.4) is 0 Å². The Morgan fingerprint density at radius 3 is 2.68 bits per heavy atom. The second-order valence-electron chi connectivity index (χ2n) is 3.84. The van der Waals surface area contributed by atoms with E-state index in [0.29, 0.717) is 10.5 Å². The van der Waals surface area contributed by atoms with E-state index in [-0.39, 0.29) is 11.7 Å². The molecule has 19 heavy (non-hydrogen) atoms. The number of fused-ring (bicyclic) bond motifs is 1. The van der Waals surface area contributed by atoms with Crippen molar-refractivity contribution in [1.29, 1.82) is 0 Å². The van der Waals surface area contributed by atoms with Crippen molar-refractivity contribution >= 4 is 34.6 Å². The summed E-state index contributed by atoms with van der Waals surface area (Å²) in [4.78, 5) is 3.90. The van der Waals surface area contributed by atoms with Crippen LogP contribution in [0.5, 0.6) is 5.75 Å². The standard InChI is InChI=1S/C12H9N5OS/c18-9-6-5-7-3-1-2-4-8(7)10(9)14-15-11-13-12(19)17-16-11/h1-6,18H,(H2,13,16,17,19). The molecular formula is C12H9N5OS. The van der Waals surface area contributed by atoms with Gasteiger partial charge in [-0.15, -0.1) is 10.2 Å². The highest BCUT2D eigenvalue weighted by molar-refractivity contribution is 7.71. The van der Waals surface area contributed by atoms with Crippen molar-refractivity contribution in [3.05, 3.63) is 41.2 Å². The molecule has 0 radical (unpaired) electrons. The SMILES string of the molecule is Oc1ccc2ccccc2c1N=Nc1nc(=S)[nH][nH]1. The summed E-state index contributed by atoms with van der Waals surface area (Å²) in [6.45, 7) is 0. The molecule has 1 aromatic heterocycles. The zero-order valence-electron chi connectivity index (χ0n) is 9.66. The number of aromatic hydroxyl groups is 1. The van der Waals surface area contributed by atoms with E-state index in [4.69, 9.17) is 12.2 Å². The predicted octanol–water partition coefficient (Wildman–Crippen LogP) is 3.74. The van der Waals surface area contributed by atoms with Crippen LogP contribution in [-0.4, -0.2) is 20.3 Å². The zero-order valence-corrected chi connectivity index (χ0v) is 10.5. The molecule has 1 heterocycles. The van der Waals surface area contributed by atoms with Gasteiger partial charge >= 0.3 is 0 Å². The molecule has 2 aromatic carbocycles. The van der Waals surface area contributed by atoms with Crippen molar-refractivity contribution in [2.45, 2.75) is 0 Å². The topological polar surface area (TPSA) is 89.4 Å². The maximum atomic E-state index is 9.88. The van der Waals surface area contributed by atoms with Gasteiger partial charge in [-0.25, -0.2) is 0 Å². The summed E-state index contributed by atoms with van der Waals surface area (Å²) in [6.07, 6.45) is 0. The zero-order chi connectivity index (χ0) is 13.2. The van der Waals surface area contributed by atoms with E-state index in [2.05, 4.69) is 25.4 Å². The molecule has 7 heteroatoms. The van der Waals surface area contributed by atoms with Crippen molar-refractivity contribution in [2.75, 3.05) is 0 Å². The molecule has 0 atom stereocenters. The van der Waals surface area contributed by atoms with Gasteiger partial charge in [0.1, 0.15) is 11.4 Å². The first-order valence-electron chi connectivity index (χ1n) is 5.51. The fourth-order valence-corrected chi connectivity index (χ4v) is 1.89. The highest BCUT2D eigenvalue weighted by Gasteiger charge is 2.05. The number of hydrogen-bond acceptors (Lipinski definition) is 5. The molecule has 0 aliphatic carbocycles. The third kappa shape index (κ3) is 2.23. The van der Waals surface area contributed by atoms with E-state index in [9.17, 15) is 5.11 Å². The minimum absolute atomic E-state index is 0.0663. The van der Waals surface area contributed by atoms with Crippen LogP contribution in [0.4, 0.5) is 11.6 Å². The Kier molecular flexibility index (Phi) is 2.81. The first-order valence-corrected chi connectivity index (χ1v) is 5.92. The smallest absolute Gasteiger partial charge is 0.264 e. The van der Waals surface area contributed by atoms with Crippen molar-refractivity contribution in [2.24, 2.45) is 10.2 Å². The monoisotopic (exact) mass is 271 g/mol. The predicted molar refractivity (Wildman–Crippen MR) is 73.6 cm³/mol. The summed E-state index contributed by atoms with van der Waals surface area (Å²) in [5, 5.41) is 24.9. The highest BCUT2D eigenvalue weighted by Crippen LogP contribution is 2.35. The van der Waals surface area contributed by atoms with Gasteiger partial charge in [0.25, 0.3) is 5.95 Å². The summed E-state index contributed by atoms with van der Waals surface area (Å²) in [5.41, 5.74) is 0.403.